The van der Waals surface area contributed by atoms with Crippen LogP contribution in [-0.2, 0) is 6.42 Å². The van der Waals surface area contributed by atoms with Crippen molar-refractivity contribution in [3.8, 4) is 0 Å². The molecule has 0 aliphatic heterocycles. The highest BCUT2D eigenvalue weighted by molar-refractivity contribution is 7.98. The Kier molecular flexibility index (Phi) is 3.34. The van der Waals surface area contributed by atoms with Crippen molar-refractivity contribution < 1.29 is 4.39 Å². The maximum absolute atomic E-state index is 13.0. The summed E-state index contributed by atoms with van der Waals surface area (Å²) in [4.78, 5) is 3.90. The number of thioether (sulfide) groups is 1. The van der Waals surface area contributed by atoms with Gasteiger partial charge < -0.3 is 5.73 Å². The summed E-state index contributed by atoms with van der Waals surface area (Å²) in [5.41, 5.74) is 6.22. The molecule has 0 aliphatic rings. The summed E-state index contributed by atoms with van der Waals surface area (Å²) in [5, 5.41) is 0. The molecule has 2 N–H and O–H groups in total. The average molecular weight is 186 g/mol. The van der Waals surface area contributed by atoms with E-state index in [0.717, 1.165) is 5.75 Å². The topological polar surface area (TPSA) is 38.9 Å². The van der Waals surface area contributed by atoms with Crippen LogP contribution >= 0.6 is 11.8 Å². The fraction of sp³-hybridized carbons (Fsp3) is 0.375. The quantitative estimate of drug-likeness (QED) is 0.781. The summed E-state index contributed by atoms with van der Waals surface area (Å²) in [6, 6.07) is 1.31. The molecule has 0 amide bonds. The van der Waals surface area contributed by atoms with Gasteiger partial charge in [-0.05, 0) is 12.0 Å². The summed E-state index contributed by atoms with van der Waals surface area (Å²) >= 11 is 1.67. The molecule has 0 unspecified atom stereocenters. The van der Waals surface area contributed by atoms with Crippen molar-refractivity contribution in [2.45, 2.75) is 6.42 Å². The molecule has 0 radical (unpaired) electrons. The first-order valence-electron chi connectivity index (χ1n) is 3.63. The normalized spacial score (nSPS) is 10.2. The van der Waals surface area contributed by atoms with Crippen molar-refractivity contribution in [2.24, 2.45) is 0 Å². The number of nitrogens with zero attached hydrogens (tertiary/aromatic N) is 1. The molecule has 1 aromatic rings. The molecule has 0 atom stereocenters. The van der Waals surface area contributed by atoms with Crippen LogP contribution in [0.5, 0.6) is 0 Å². The number of hydrogen-bond donors (Lipinski definition) is 1. The van der Waals surface area contributed by atoms with Gasteiger partial charge in [-0.15, -0.1) is 0 Å². The van der Waals surface area contributed by atoms with E-state index in [9.17, 15) is 4.39 Å². The van der Waals surface area contributed by atoms with E-state index >= 15 is 0 Å². The second kappa shape index (κ2) is 4.30. The highest BCUT2D eigenvalue weighted by Gasteiger charge is 2.02. The molecular weight excluding hydrogens is 175 g/mol. The predicted octanol–water partition coefficient (Wildman–Crippen LogP) is 1.71. The molecule has 0 aliphatic carbocycles. The number of aromatic nitrogens is 1. The van der Waals surface area contributed by atoms with Gasteiger partial charge in [0.05, 0.1) is 17.6 Å². The summed E-state index contributed by atoms with van der Waals surface area (Å²) in [6.07, 6.45) is 4.13. The van der Waals surface area contributed by atoms with Crippen molar-refractivity contribution >= 4 is 17.4 Å². The summed E-state index contributed by atoms with van der Waals surface area (Å²) < 4.78 is 13.0. The van der Waals surface area contributed by atoms with E-state index in [1.165, 1.54) is 12.3 Å². The standard InChI is InChI=1S/C8H11FN2S/c1-12-3-2-8-7(9)4-6(10)5-11-8/h4-5H,2-3,10H2,1H3. The zero-order chi connectivity index (χ0) is 8.97. The Bertz CT molecular complexity index is 265. The lowest BCUT2D eigenvalue weighted by molar-refractivity contribution is 0.603. The van der Waals surface area contributed by atoms with Crippen LogP contribution in [0.15, 0.2) is 12.3 Å². The number of pyridine rings is 1. The van der Waals surface area contributed by atoms with E-state index in [1.54, 1.807) is 11.8 Å². The Morgan fingerprint density at radius 1 is 1.67 bits per heavy atom. The van der Waals surface area contributed by atoms with E-state index < -0.39 is 0 Å². The van der Waals surface area contributed by atoms with Gasteiger partial charge in [-0.3, -0.25) is 4.98 Å². The van der Waals surface area contributed by atoms with Gasteiger partial charge in [-0.1, -0.05) is 0 Å². The molecule has 66 valence electrons. The molecule has 0 aromatic carbocycles. The Balaban J connectivity index is 2.72. The second-order valence-corrected chi connectivity index (χ2v) is 3.43. The Morgan fingerprint density at radius 2 is 2.42 bits per heavy atom. The zero-order valence-corrected chi connectivity index (χ0v) is 7.70. The van der Waals surface area contributed by atoms with Gasteiger partial charge >= 0.3 is 0 Å². The minimum Gasteiger partial charge on any atom is -0.397 e. The zero-order valence-electron chi connectivity index (χ0n) is 6.88. The lowest BCUT2D eigenvalue weighted by Crippen LogP contribution is -1.98. The molecule has 2 nitrogen and oxygen atoms in total. The van der Waals surface area contributed by atoms with Crippen molar-refractivity contribution in [3.63, 3.8) is 0 Å². The number of rotatable bonds is 3. The predicted molar refractivity (Wildman–Crippen MR) is 50.7 cm³/mol. The summed E-state index contributed by atoms with van der Waals surface area (Å²) in [5.74, 6) is 0.581. The third kappa shape index (κ3) is 2.37. The van der Waals surface area contributed by atoms with Gasteiger partial charge in [0.2, 0.25) is 0 Å². The largest absolute Gasteiger partial charge is 0.397 e. The maximum atomic E-state index is 13.0. The Hall–Kier alpha value is -0.770. The van der Waals surface area contributed by atoms with Crippen LogP contribution in [0.3, 0.4) is 0 Å². The van der Waals surface area contributed by atoms with Crippen LogP contribution in [0.25, 0.3) is 0 Å². The SMILES string of the molecule is CSCCc1ncc(N)cc1F. The van der Waals surface area contributed by atoms with Gasteiger partial charge in [0, 0.05) is 12.5 Å². The average Bonchev–Trinajstić information content (AvgIpc) is 2.03. The number of halogens is 1. The van der Waals surface area contributed by atoms with Crippen molar-refractivity contribution in [3.05, 3.63) is 23.8 Å². The van der Waals surface area contributed by atoms with E-state index in [1.807, 2.05) is 6.26 Å². The molecular formula is C8H11FN2S. The summed E-state index contributed by atoms with van der Waals surface area (Å²) in [7, 11) is 0. The fourth-order valence-corrected chi connectivity index (χ4v) is 1.26. The third-order valence-electron chi connectivity index (χ3n) is 1.48. The minimum absolute atomic E-state index is 0.302. The highest BCUT2D eigenvalue weighted by atomic mass is 32.2. The lowest BCUT2D eigenvalue weighted by Gasteiger charge is -2.00. The van der Waals surface area contributed by atoms with Crippen LogP contribution < -0.4 is 5.73 Å². The molecule has 0 fully saturated rings. The van der Waals surface area contributed by atoms with Gasteiger partial charge in [-0.25, -0.2) is 4.39 Å². The van der Waals surface area contributed by atoms with Crippen LogP contribution in [0.1, 0.15) is 5.69 Å². The monoisotopic (exact) mass is 186 g/mol. The number of anilines is 1. The van der Waals surface area contributed by atoms with Crippen LogP contribution in [-0.4, -0.2) is 17.0 Å². The van der Waals surface area contributed by atoms with Crippen molar-refractivity contribution in [2.75, 3.05) is 17.7 Å². The van der Waals surface area contributed by atoms with E-state index in [0.29, 0.717) is 17.8 Å². The first kappa shape index (κ1) is 9.32. The number of aryl methyl sites for hydroxylation is 1. The first-order valence-corrected chi connectivity index (χ1v) is 5.02. The number of nitrogens with two attached hydrogens (primary N) is 1. The molecule has 4 heteroatoms. The van der Waals surface area contributed by atoms with Gasteiger partial charge in [-0.2, -0.15) is 11.8 Å². The number of nitrogen functional groups attached to an aromatic ring is 1. The molecule has 0 saturated carbocycles. The van der Waals surface area contributed by atoms with Crippen molar-refractivity contribution in [1.82, 2.24) is 4.98 Å². The van der Waals surface area contributed by atoms with Gasteiger partial charge in [0.1, 0.15) is 5.82 Å². The maximum Gasteiger partial charge on any atom is 0.146 e. The van der Waals surface area contributed by atoms with E-state index in [-0.39, 0.29) is 5.82 Å². The van der Waals surface area contributed by atoms with E-state index in [2.05, 4.69) is 4.98 Å². The molecule has 1 aromatic heterocycles. The lowest BCUT2D eigenvalue weighted by atomic mass is 10.2. The Labute approximate surface area is 75.4 Å². The van der Waals surface area contributed by atoms with Crippen LogP contribution in [0.4, 0.5) is 10.1 Å². The molecule has 12 heavy (non-hydrogen) atoms. The van der Waals surface area contributed by atoms with Crippen LogP contribution in [0, 0.1) is 5.82 Å². The smallest absolute Gasteiger partial charge is 0.146 e. The molecule has 1 heterocycles. The second-order valence-electron chi connectivity index (χ2n) is 2.44. The van der Waals surface area contributed by atoms with E-state index in [4.69, 9.17) is 5.73 Å². The van der Waals surface area contributed by atoms with Gasteiger partial charge in [0.25, 0.3) is 0 Å². The summed E-state index contributed by atoms with van der Waals surface area (Å²) in [6.45, 7) is 0. The van der Waals surface area contributed by atoms with Crippen molar-refractivity contribution in [1.29, 1.82) is 0 Å². The van der Waals surface area contributed by atoms with Crippen LogP contribution in [0.2, 0.25) is 0 Å². The third-order valence-corrected chi connectivity index (χ3v) is 2.09. The molecule has 1 rings (SSSR count). The molecule has 0 saturated heterocycles. The fourth-order valence-electron chi connectivity index (χ4n) is 0.864. The van der Waals surface area contributed by atoms with Gasteiger partial charge in [0.15, 0.2) is 0 Å². The highest BCUT2D eigenvalue weighted by Crippen LogP contribution is 2.10. The number of hydrogen-bond acceptors (Lipinski definition) is 3. The Morgan fingerprint density at radius 3 is 3.00 bits per heavy atom. The first-order chi connectivity index (χ1) is 5.74. The molecule has 0 spiro atoms. The molecule has 0 bridgehead atoms. The minimum atomic E-state index is -0.302.